The molecular formula is C24H25N5O3. The number of benzene rings is 1. The number of carbonyl (C=O) groups excluding carboxylic acids is 2. The standard InChI is InChI=1S/C24H25N5O3/c1-16-18(15-26-29(16)17-9-5-4-6-10-17)22(30)20-21(19-11-7-8-12-25-19)28(14-13-27(2)3)24(32)23(20)31/h4-12,15,21,30H,13-14H2,1-3H3/b22-20+. The summed E-state index contributed by atoms with van der Waals surface area (Å²) in [7, 11) is 3.79. The molecule has 164 valence electrons. The molecule has 1 amide bonds. The number of hydrogen-bond acceptors (Lipinski definition) is 6. The smallest absolute Gasteiger partial charge is 0.295 e. The van der Waals surface area contributed by atoms with Gasteiger partial charge in [0.05, 0.1) is 34.4 Å². The third-order valence-corrected chi connectivity index (χ3v) is 5.56. The molecule has 1 saturated heterocycles. The molecule has 1 aliphatic heterocycles. The quantitative estimate of drug-likeness (QED) is 0.366. The Labute approximate surface area is 186 Å². The number of carbonyl (C=O) groups is 2. The summed E-state index contributed by atoms with van der Waals surface area (Å²) < 4.78 is 1.69. The minimum absolute atomic E-state index is 0.0307. The lowest BCUT2D eigenvalue weighted by Gasteiger charge is -2.25. The van der Waals surface area contributed by atoms with Crippen LogP contribution in [0.3, 0.4) is 0 Å². The van der Waals surface area contributed by atoms with E-state index in [0.717, 1.165) is 5.69 Å². The van der Waals surface area contributed by atoms with Crippen molar-refractivity contribution in [2.24, 2.45) is 0 Å². The van der Waals surface area contributed by atoms with Crippen LogP contribution in [-0.2, 0) is 9.59 Å². The van der Waals surface area contributed by atoms with Crippen molar-refractivity contribution in [3.63, 3.8) is 0 Å². The van der Waals surface area contributed by atoms with Gasteiger partial charge in [-0.2, -0.15) is 5.10 Å². The Balaban J connectivity index is 1.83. The van der Waals surface area contributed by atoms with Gasteiger partial charge in [-0.1, -0.05) is 24.3 Å². The Kier molecular flexibility index (Phi) is 5.87. The van der Waals surface area contributed by atoms with Gasteiger partial charge in [0.2, 0.25) is 0 Å². The molecule has 0 bridgehead atoms. The Morgan fingerprint density at radius 1 is 1.09 bits per heavy atom. The number of pyridine rings is 1. The van der Waals surface area contributed by atoms with Gasteiger partial charge in [-0.25, -0.2) is 4.68 Å². The van der Waals surface area contributed by atoms with Gasteiger partial charge in [0.1, 0.15) is 11.8 Å². The summed E-state index contributed by atoms with van der Waals surface area (Å²) in [5, 5.41) is 15.7. The van der Waals surface area contributed by atoms with E-state index in [9.17, 15) is 14.7 Å². The molecule has 32 heavy (non-hydrogen) atoms. The third kappa shape index (κ3) is 3.80. The Morgan fingerprint density at radius 3 is 2.47 bits per heavy atom. The summed E-state index contributed by atoms with van der Waals surface area (Å²) >= 11 is 0. The second kappa shape index (κ2) is 8.76. The number of nitrogens with zero attached hydrogens (tertiary/aromatic N) is 5. The van der Waals surface area contributed by atoms with Gasteiger partial charge in [0, 0.05) is 19.3 Å². The Morgan fingerprint density at radius 2 is 1.81 bits per heavy atom. The fourth-order valence-corrected chi connectivity index (χ4v) is 3.88. The van der Waals surface area contributed by atoms with Gasteiger partial charge in [-0.05, 0) is 45.3 Å². The van der Waals surface area contributed by atoms with E-state index < -0.39 is 17.7 Å². The molecule has 4 rings (SSSR count). The molecule has 0 saturated carbocycles. The summed E-state index contributed by atoms with van der Waals surface area (Å²) in [6.45, 7) is 2.71. The predicted octanol–water partition coefficient (Wildman–Crippen LogP) is 2.56. The van der Waals surface area contributed by atoms with Gasteiger partial charge in [-0.15, -0.1) is 0 Å². The van der Waals surface area contributed by atoms with Gasteiger partial charge < -0.3 is 14.9 Å². The summed E-state index contributed by atoms with van der Waals surface area (Å²) in [5.41, 5.74) is 2.45. The summed E-state index contributed by atoms with van der Waals surface area (Å²) in [5.74, 6) is -1.60. The fourth-order valence-electron chi connectivity index (χ4n) is 3.88. The lowest BCUT2D eigenvalue weighted by molar-refractivity contribution is -0.140. The SMILES string of the molecule is Cc1c(/C(O)=C2\C(=O)C(=O)N(CCN(C)C)C2c2ccccn2)cnn1-c1ccccc1. The summed E-state index contributed by atoms with van der Waals surface area (Å²) in [4.78, 5) is 33.8. The minimum Gasteiger partial charge on any atom is -0.507 e. The molecule has 3 heterocycles. The number of rotatable bonds is 6. The topological polar surface area (TPSA) is 91.6 Å². The van der Waals surface area contributed by atoms with Gasteiger partial charge in [0.25, 0.3) is 11.7 Å². The third-order valence-electron chi connectivity index (χ3n) is 5.56. The normalized spacial score (nSPS) is 18.0. The average Bonchev–Trinajstić information content (AvgIpc) is 3.30. The highest BCUT2D eigenvalue weighted by Gasteiger charge is 2.46. The molecule has 1 aromatic carbocycles. The lowest BCUT2D eigenvalue weighted by atomic mass is 9.98. The maximum Gasteiger partial charge on any atom is 0.295 e. The Hall–Kier alpha value is -3.78. The second-order valence-corrected chi connectivity index (χ2v) is 7.94. The number of hydrogen-bond donors (Lipinski definition) is 1. The zero-order valence-electron chi connectivity index (χ0n) is 18.3. The molecule has 1 fully saturated rings. The lowest BCUT2D eigenvalue weighted by Crippen LogP contribution is -2.35. The first-order valence-corrected chi connectivity index (χ1v) is 10.3. The second-order valence-electron chi connectivity index (χ2n) is 7.94. The van der Waals surface area contributed by atoms with E-state index in [4.69, 9.17) is 0 Å². The molecule has 1 aliphatic rings. The van der Waals surface area contributed by atoms with Crippen molar-refractivity contribution in [1.82, 2.24) is 24.6 Å². The molecule has 2 aromatic heterocycles. The van der Waals surface area contributed by atoms with Crippen LogP contribution in [0.2, 0.25) is 0 Å². The van der Waals surface area contributed by atoms with E-state index in [0.29, 0.717) is 30.0 Å². The highest BCUT2D eigenvalue weighted by atomic mass is 16.3. The predicted molar refractivity (Wildman–Crippen MR) is 120 cm³/mol. The summed E-state index contributed by atoms with van der Waals surface area (Å²) in [6, 6.07) is 14.1. The minimum atomic E-state index is -0.768. The zero-order valence-corrected chi connectivity index (χ0v) is 18.3. The van der Waals surface area contributed by atoms with E-state index in [1.807, 2.05) is 56.3 Å². The van der Waals surface area contributed by atoms with E-state index in [-0.39, 0.29) is 11.3 Å². The molecular weight excluding hydrogens is 406 g/mol. The van der Waals surface area contributed by atoms with Crippen molar-refractivity contribution < 1.29 is 14.7 Å². The molecule has 8 nitrogen and oxygen atoms in total. The van der Waals surface area contributed by atoms with E-state index >= 15 is 0 Å². The largest absolute Gasteiger partial charge is 0.507 e. The van der Waals surface area contributed by atoms with Crippen molar-refractivity contribution in [3.05, 3.63) is 83.4 Å². The molecule has 8 heteroatoms. The first-order valence-electron chi connectivity index (χ1n) is 10.3. The van der Waals surface area contributed by atoms with Gasteiger partial charge >= 0.3 is 0 Å². The van der Waals surface area contributed by atoms with E-state index in [2.05, 4.69) is 10.1 Å². The highest BCUT2D eigenvalue weighted by Crippen LogP contribution is 2.39. The van der Waals surface area contributed by atoms with Gasteiger partial charge in [0.15, 0.2) is 0 Å². The van der Waals surface area contributed by atoms with Crippen molar-refractivity contribution in [2.75, 3.05) is 27.2 Å². The van der Waals surface area contributed by atoms with Crippen molar-refractivity contribution in [3.8, 4) is 5.69 Å². The number of Topliss-reactive ketones (excluding diaryl/α,β-unsaturated/α-hetero) is 1. The molecule has 1 unspecified atom stereocenters. The molecule has 0 aliphatic carbocycles. The van der Waals surface area contributed by atoms with Crippen LogP contribution >= 0.6 is 0 Å². The van der Waals surface area contributed by atoms with Crippen LogP contribution in [0, 0.1) is 6.92 Å². The number of likely N-dealkylation sites (N-methyl/N-ethyl adjacent to an activating group) is 1. The number of para-hydroxylation sites is 1. The molecule has 1 N–H and O–H groups in total. The summed E-state index contributed by atoms with van der Waals surface area (Å²) in [6.07, 6.45) is 3.13. The fraction of sp³-hybridized carbons (Fsp3) is 0.250. The maximum absolute atomic E-state index is 13.1. The van der Waals surface area contributed by atoms with E-state index in [1.165, 1.54) is 11.1 Å². The van der Waals surface area contributed by atoms with Crippen LogP contribution in [0.25, 0.3) is 11.4 Å². The maximum atomic E-state index is 13.1. The first-order chi connectivity index (χ1) is 15.4. The van der Waals surface area contributed by atoms with Gasteiger partial charge in [-0.3, -0.25) is 14.6 Å². The molecule has 0 spiro atoms. The van der Waals surface area contributed by atoms with Crippen LogP contribution in [0.4, 0.5) is 0 Å². The van der Waals surface area contributed by atoms with Crippen LogP contribution in [-0.4, -0.2) is 68.5 Å². The van der Waals surface area contributed by atoms with Crippen LogP contribution in [0.1, 0.15) is 23.0 Å². The number of ketones is 1. The van der Waals surface area contributed by atoms with Crippen molar-refractivity contribution >= 4 is 17.4 Å². The number of aliphatic hydroxyl groups is 1. The number of amides is 1. The number of aliphatic hydroxyl groups excluding tert-OH is 1. The first kappa shape index (κ1) is 21.5. The van der Waals surface area contributed by atoms with Crippen LogP contribution in [0.15, 0.2) is 66.5 Å². The number of aromatic nitrogens is 3. The highest BCUT2D eigenvalue weighted by molar-refractivity contribution is 6.46. The monoisotopic (exact) mass is 431 g/mol. The average molecular weight is 431 g/mol. The molecule has 3 aromatic rings. The number of likely N-dealkylation sites (tertiary alicyclic amines) is 1. The molecule has 0 radical (unpaired) electrons. The zero-order chi connectivity index (χ0) is 22.8. The van der Waals surface area contributed by atoms with Crippen LogP contribution < -0.4 is 0 Å². The Bertz CT molecular complexity index is 1170. The van der Waals surface area contributed by atoms with Crippen molar-refractivity contribution in [1.29, 1.82) is 0 Å². The van der Waals surface area contributed by atoms with Crippen LogP contribution in [0.5, 0.6) is 0 Å². The van der Waals surface area contributed by atoms with Crippen molar-refractivity contribution in [2.45, 2.75) is 13.0 Å². The van der Waals surface area contributed by atoms with E-state index in [1.54, 1.807) is 29.1 Å². The molecule has 1 atom stereocenters.